The molecule has 0 bridgehead atoms. The third kappa shape index (κ3) is 4.64. The largest absolute Gasteiger partial charge is 0.324 e. The monoisotopic (exact) mass is 298 g/mol. The van der Waals surface area contributed by atoms with Gasteiger partial charge in [0.2, 0.25) is 5.91 Å². The molecule has 0 spiro atoms. The van der Waals surface area contributed by atoms with Crippen LogP contribution in [0.4, 0.5) is 5.69 Å². The molecule has 21 heavy (non-hydrogen) atoms. The normalized spacial score (nSPS) is 9.62. The second-order valence-electron chi connectivity index (χ2n) is 4.41. The second kappa shape index (κ2) is 7.49. The van der Waals surface area contributed by atoms with Gasteiger partial charge >= 0.3 is 0 Å². The molecule has 106 valence electrons. The molecule has 2 rings (SSSR count). The topological polar surface area (TPSA) is 55.1 Å². The lowest BCUT2D eigenvalue weighted by Gasteiger charge is -2.08. The molecular weight excluding hydrogens is 284 g/mol. The van der Waals surface area contributed by atoms with Crippen LogP contribution in [0.15, 0.2) is 48.5 Å². The van der Waals surface area contributed by atoms with Gasteiger partial charge in [0.15, 0.2) is 0 Å². The van der Waals surface area contributed by atoms with E-state index in [0.29, 0.717) is 23.7 Å². The van der Waals surface area contributed by atoms with Crippen LogP contribution in [0.3, 0.4) is 0 Å². The summed E-state index contributed by atoms with van der Waals surface area (Å²) in [4.78, 5) is 12.0. The van der Waals surface area contributed by atoms with Gasteiger partial charge in [-0.15, -0.1) is 0 Å². The maximum atomic E-state index is 12.0. The van der Waals surface area contributed by atoms with Crippen molar-refractivity contribution in [1.82, 2.24) is 0 Å². The van der Waals surface area contributed by atoms with Gasteiger partial charge < -0.3 is 11.1 Å². The van der Waals surface area contributed by atoms with Crippen LogP contribution >= 0.6 is 11.6 Å². The minimum atomic E-state index is -0.118. The van der Waals surface area contributed by atoms with Crippen LogP contribution < -0.4 is 11.1 Å². The van der Waals surface area contributed by atoms with Crippen molar-refractivity contribution in [1.29, 1.82) is 0 Å². The Balaban J connectivity index is 2.09. The highest BCUT2D eigenvalue weighted by Gasteiger charge is 2.07. The quantitative estimate of drug-likeness (QED) is 0.856. The minimum absolute atomic E-state index is 0.118. The molecule has 0 radical (unpaired) electrons. The summed E-state index contributed by atoms with van der Waals surface area (Å²) >= 11 is 6.09. The van der Waals surface area contributed by atoms with Gasteiger partial charge in [-0.2, -0.15) is 0 Å². The number of amides is 1. The zero-order valence-corrected chi connectivity index (χ0v) is 12.2. The van der Waals surface area contributed by atoms with Crippen molar-refractivity contribution >= 4 is 23.2 Å². The summed E-state index contributed by atoms with van der Waals surface area (Å²) in [6.45, 7) is 0.290. The fraction of sp³-hybridized carbons (Fsp3) is 0.118. The van der Waals surface area contributed by atoms with Gasteiger partial charge in [-0.1, -0.05) is 53.8 Å². The first-order valence-electron chi connectivity index (χ1n) is 6.51. The van der Waals surface area contributed by atoms with E-state index in [4.69, 9.17) is 17.3 Å². The molecular formula is C17H15ClN2O. The van der Waals surface area contributed by atoms with E-state index in [2.05, 4.69) is 17.2 Å². The fourth-order valence-electron chi connectivity index (χ4n) is 1.83. The van der Waals surface area contributed by atoms with Crippen molar-refractivity contribution in [3.8, 4) is 11.8 Å². The smallest absolute Gasteiger partial charge is 0.228 e. The van der Waals surface area contributed by atoms with Crippen LogP contribution in [0.1, 0.15) is 11.1 Å². The Morgan fingerprint density at radius 3 is 2.67 bits per heavy atom. The zero-order chi connectivity index (χ0) is 15.1. The maximum absolute atomic E-state index is 12.0. The fourth-order valence-corrected chi connectivity index (χ4v) is 1.99. The molecule has 0 aliphatic heterocycles. The molecule has 2 aromatic rings. The lowest BCUT2D eigenvalue weighted by Crippen LogP contribution is -2.14. The summed E-state index contributed by atoms with van der Waals surface area (Å²) in [5, 5.41) is 3.29. The van der Waals surface area contributed by atoms with E-state index >= 15 is 0 Å². The molecule has 2 aromatic carbocycles. The Labute approximate surface area is 129 Å². The lowest BCUT2D eigenvalue weighted by atomic mass is 10.1. The molecule has 0 aliphatic carbocycles. The van der Waals surface area contributed by atoms with Gasteiger partial charge in [-0.05, 0) is 23.8 Å². The van der Waals surface area contributed by atoms with Crippen LogP contribution in [0.5, 0.6) is 0 Å². The number of carbonyl (C=O) groups excluding carboxylic acids is 1. The molecule has 0 atom stereocenters. The molecule has 0 unspecified atom stereocenters. The number of carbonyl (C=O) groups is 1. The number of hydrogen-bond donors (Lipinski definition) is 2. The number of anilines is 1. The molecule has 3 N–H and O–H groups in total. The van der Waals surface area contributed by atoms with Gasteiger partial charge in [0.25, 0.3) is 0 Å². The van der Waals surface area contributed by atoms with Gasteiger partial charge in [-0.25, -0.2) is 0 Å². The molecule has 0 heterocycles. The van der Waals surface area contributed by atoms with Gasteiger partial charge in [0.05, 0.1) is 23.7 Å². The first-order chi connectivity index (χ1) is 10.2. The zero-order valence-electron chi connectivity index (χ0n) is 11.4. The van der Waals surface area contributed by atoms with E-state index < -0.39 is 0 Å². The average Bonchev–Trinajstić information content (AvgIpc) is 2.49. The van der Waals surface area contributed by atoms with Crippen molar-refractivity contribution in [3.63, 3.8) is 0 Å². The van der Waals surface area contributed by atoms with Gasteiger partial charge in [-0.3, -0.25) is 4.79 Å². The summed E-state index contributed by atoms with van der Waals surface area (Å²) in [6, 6.07) is 14.8. The van der Waals surface area contributed by atoms with Gasteiger partial charge in [0, 0.05) is 5.56 Å². The lowest BCUT2D eigenvalue weighted by molar-refractivity contribution is -0.115. The molecule has 4 heteroatoms. The predicted molar refractivity (Wildman–Crippen MR) is 86.2 cm³/mol. The van der Waals surface area contributed by atoms with Crippen molar-refractivity contribution in [2.75, 3.05) is 11.9 Å². The van der Waals surface area contributed by atoms with E-state index in [9.17, 15) is 4.79 Å². The number of benzene rings is 2. The molecule has 0 saturated carbocycles. The third-order valence-corrected chi connectivity index (χ3v) is 3.11. The Hall–Kier alpha value is -2.28. The van der Waals surface area contributed by atoms with Gasteiger partial charge in [0.1, 0.15) is 0 Å². The first kappa shape index (κ1) is 15.1. The highest BCUT2D eigenvalue weighted by Crippen LogP contribution is 2.23. The molecule has 3 nitrogen and oxygen atoms in total. The number of hydrogen-bond acceptors (Lipinski definition) is 2. The summed E-state index contributed by atoms with van der Waals surface area (Å²) < 4.78 is 0. The van der Waals surface area contributed by atoms with E-state index in [1.807, 2.05) is 30.3 Å². The van der Waals surface area contributed by atoms with Crippen molar-refractivity contribution in [2.45, 2.75) is 6.42 Å². The highest BCUT2D eigenvalue weighted by atomic mass is 35.5. The number of nitrogens with one attached hydrogen (secondary N) is 1. The van der Waals surface area contributed by atoms with Crippen molar-refractivity contribution in [3.05, 3.63) is 64.7 Å². The Kier molecular flexibility index (Phi) is 5.39. The highest BCUT2D eigenvalue weighted by molar-refractivity contribution is 6.33. The standard InChI is InChI=1S/C17H15ClN2O/c18-15-9-8-14(7-4-10-19)11-16(15)20-17(21)12-13-5-2-1-3-6-13/h1-3,5-6,8-9,11H,10,12,19H2,(H,20,21). The third-order valence-electron chi connectivity index (χ3n) is 2.78. The van der Waals surface area contributed by atoms with E-state index in [1.54, 1.807) is 18.2 Å². The Morgan fingerprint density at radius 2 is 1.95 bits per heavy atom. The molecule has 0 saturated heterocycles. The van der Waals surface area contributed by atoms with Crippen molar-refractivity contribution < 1.29 is 4.79 Å². The number of nitrogens with two attached hydrogens (primary N) is 1. The molecule has 0 aromatic heterocycles. The van der Waals surface area contributed by atoms with Crippen LogP contribution in [-0.4, -0.2) is 12.5 Å². The summed E-state index contributed by atoms with van der Waals surface area (Å²) in [5.41, 5.74) is 7.61. The van der Waals surface area contributed by atoms with E-state index in [0.717, 1.165) is 11.1 Å². The van der Waals surface area contributed by atoms with E-state index in [1.165, 1.54) is 0 Å². The number of rotatable bonds is 3. The minimum Gasteiger partial charge on any atom is -0.324 e. The summed E-state index contributed by atoms with van der Waals surface area (Å²) in [6.07, 6.45) is 0.301. The SMILES string of the molecule is NCC#Cc1ccc(Cl)c(NC(=O)Cc2ccccc2)c1. The van der Waals surface area contributed by atoms with E-state index in [-0.39, 0.29) is 5.91 Å². The Morgan fingerprint density at radius 1 is 1.19 bits per heavy atom. The summed E-state index contributed by atoms with van der Waals surface area (Å²) in [5.74, 6) is 5.56. The Bertz CT molecular complexity index is 687. The maximum Gasteiger partial charge on any atom is 0.228 e. The second-order valence-corrected chi connectivity index (χ2v) is 4.82. The number of halogens is 1. The van der Waals surface area contributed by atoms with Crippen LogP contribution in [-0.2, 0) is 11.2 Å². The average molecular weight is 299 g/mol. The van der Waals surface area contributed by atoms with Crippen LogP contribution in [0.2, 0.25) is 5.02 Å². The van der Waals surface area contributed by atoms with Crippen LogP contribution in [0, 0.1) is 11.8 Å². The predicted octanol–water partition coefficient (Wildman–Crippen LogP) is 2.83. The molecule has 0 fully saturated rings. The van der Waals surface area contributed by atoms with Crippen molar-refractivity contribution in [2.24, 2.45) is 5.73 Å². The molecule has 0 aliphatic rings. The first-order valence-corrected chi connectivity index (χ1v) is 6.89. The summed E-state index contributed by atoms with van der Waals surface area (Å²) in [7, 11) is 0. The molecule has 1 amide bonds. The van der Waals surface area contributed by atoms with Crippen LogP contribution in [0.25, 0.3) is 0 Å².